The smallest absolute Gasteiger partial charge is 0.253 e. The Morgan fingerprint density at radius 1 is 1.04 bits per heavy atom. The fourth-order valence-corrected chi connectivity index (χ4v) is 2.37. The quantitative estimate of drug-likeness (QED) is 0.663. The molecule has 6 heteroatoms. The monoisotopic (exact) mass is 369 g/mol. The molecule has 2 aromatic rings. The summed E-state index contributed by atoms with van der Waals surface area (Å²) in [6.45, 7) is 2.94. The van der Waals surface area contributed by atoms with Crippen LogP contribution in [-0.4, -0.2) is 44.0 Å². The minimum absolute atomic E-state index is 0.0735. The lowest BCUT2D eigenvalue weighted by Crippen LogP contribution is -2.23. The molecule has 6 nitrogen and oxygen atoms in total. The van der Waals surface area contributed by atoms with E-state index in [1.807, 2.05) is 24.3 Å². The average Bonchev–Trinajstić information content (AvgIpc) is 2.67. The van der Waals surface area contributed by atoms with Crippen LogP contribution >= 0.6 is 0 Å². The number of ether oxygens (including phenoxy) is 1. The van der Waals surface area contributed by atoms with Crippen molar-refractivity contribution in [1.82, 2.24) is 4.90 Å². The first-order valence-electron chi connectivity index (χ1n) is 9.08. The van der Waals surface area contributed by atoms with Crippen molar-refractivity contribution in [2.45, 2.75) is 19.8 Å². The SMILES string of the molecule is CCCCOc1cccc(NCC(=O)Nc2ccc(C(=O)N(C)C)cc2)c1. The number of rotatable bonds is 9. The third kappa shape index (κ3) is 6.66. The molecule has 0 aliphatic heterocycles. The predicted octanol–water partition coefficient (Wildman–Crippen LogP) is 3.62. The van der Waals surface area contributed by atoms with Crippen LogP contribution in [0, 0.1) is 0 Å². The normalized spacial score (nSPS) is 10.2. The molecular weight excluding hydrogens is 342 g/mol. The molecule has 0 aliphatic carbocycles. The van der Waals surface area contributed by atoms with Crippen molar-refractivity contribution in [3.05, 3.63) is 54.1 Å². The minimum atomic E-state index is -0.168. The van der Waals surface area contributed by atoms with E-state index in [4.69, 9.17) is 4.74 Å². The van der Waals surface area contributed by atoms with E-state index in [2.05, 4.69) is 17.6 Å². The molecule has 0 atom stereocenters. The number of hydrogen-bond acceptors (Lipinski definition) is 4. The number of carbonyl (C=O) groups excluding carboxylic acids is 2. The Hall–Kier alpha value is -3.02. The zero-order valence-electron chi connectivity index (χ0n) is 16.1. The molecule has 0 saturated heterocycles. The van der Waals surface area contributed by atoms with E-state index in [0.717, 1.165) is 24.3 Å². The van der Waals surface area contributed by atoms with Crippen molar-refractivity contribution in [3.63, 3.8) is 0 Å². The number of carbonyl (C=O) groups is 2. The summed E-state index contributed by atoms with van der Waals surface area (Å²) in [5, 5.41) is 5.89. The first-order chi connectivity index (χ1) is 13.0. The molecule has 144 valence electrons. The Labute approximate surface area is 160 Å². The van der Waals surface area contributed by atoms with Gasteiger partial charge in [-0.1, -0.05) is 19.4 Å². The van der Waals surface area contributed by atoms with E-state index in [1.54, 1.807) is 38.4 Å². The molecule has 0 spiro atoms. The van der Waals surface area contributed by atoms with Gasteiger partial charge in [0.1, 0.15) is 5.75 Å². The molecular formula is C21H27N3O3. The summed E-state index contributed by atoms with van der Waals surface area (Å²) in [5.74, 6) is 0.546. The second-order valence-electron chi connectivity index (χ2n) is 6.41. The van der Waals surface area contributed by atoms with Gasteiger partial charge in [0.2, 0.25) is 5.91 Å². The molecule has 0 aliphatic rings. The van der Waals surface area contributed by atoms with Crippen LogP contribution in [0.25, 0.3) is 0 Å². The van der Waals surface area contributed by atoms with E-state index in [1.165, 1.54) is 4.90 Å². The fourth-order valence-electron chi connectivity index (χ4n) is 2.37. The molecule has 2 aromatic carbocycles. The molecule has 0 aromatic heterocycles. The minimum Gasteiger partial charge on any atom is -0.494 e. The molecule has 0 unspecified atom stereocenters. The average molecular weight is 369 g/mol. The van der Waals surface area contributed by atoms with Crippen LogP contribution < -0.4 is 15.4 Å². The number of anilines is 2. The Kier molecular flexibility index (Phi) is 7.67. The van der Waals surface area contributed by atoms with Crippen LogP contribution in [0.3, 0.4) is 0 Å². The van der Waals surface area contributed by atoms with E-state index < -0.39 is 0 Å². The zero-order chi connectivity index (χ0) is 19.6. The van der Waals surface area contributed by atoms with Crippen molar-refractivity contribution in [2.75, 3.05) is 37.9 Å². The van der Waals surface area contributed by atoms with Gasteiger partial charge >= 0.3 is 0 Å². The van der Waals surface area contributed by atoms with Crippen molar-refractivity contribution in [3.8, 4) is 5.75 Å². The van der Waals surface area contributed by atoms with Gasteiger partial charge in [0.15, 0.2) is 0 Å². The van der Waals surface area contributed by atoms with Crippen molar-refractivity contribution >= 4 is 23.2 Å². The maximum Gasteiger partial charge on any atom is 0.253 e. The summed E-state index contributed by atoms with van der Waals surface area (Å²) >= 11 is 0. The standard InChI is InChI=1S/C21H27N3O3/c1-4-5-13-27-19-8-6-7-18(14-19)22-15-20(25)23-17-11-9-16(10-12-17)21(26)24(2)3/h6-12,14,22H,4-5,13,15H2,1-3H3,(H,23,25). The number of amides is 2. The van der Waals surface area contributed by atoms with Gasteiger partial charge in [-0.3, -0.25) is 9.59 Å². The first-order valence-corrected chi connectivity index (χ1v) is 9.08. The second-order valence-corrected chi connectivity index (χ2v) is 6.41. The summed E-state index contributed by atoms with van der Waals surface area (Å²) in [7, 11) is 3.40. The third-order valence-electron chi connectivity index (χ3n) is 3.88. The van der Waals surface area contributed by atoms with E-state index >= 15 is 0 Å². The Morgan fingerprint density at radius 2 is 1.78 bits per heavy atom. The van der Waals surface area contributed by atoms with Gasteiger partial charge in [-0.25, -0.2) is 0 Å². The van der Waals surface area contributed by atoms with Gasteiger partial charge in [0.05, 0.1) is 13.2 Å². The van der Waals surface area contributed by atoms with Gasteiger partial charge < -0.3 is 20.3 Å². The highest BCUT2D eigenvalue weighted by molar-refractivity contribution is 5.96. The number of unbranched alkanes of at least 4 members (excludes halogenated alkanes) is 1. The number of nitrogens with one attached hydrogen (secondary N) is 2. The largest absolute Gasteiger partial charge is 0.494 e. The molecule has 27 heavy (non-hydrogen) atoms. The predicted molar refractivity (Wildman–Crippen MR) is 108 cm³/mol. The maximum absolute atomic E-state index is 12.1. The number of hydrogen-bond donors (Lipinski definition) is 2. The number of benzene rings is 2. The summed E-state index contributed by atoms with van der Waals surface area (Å²) in [6.07, 6.45) is 2.10. The maximum atomic E-state index is 12.1. The van der Waals surface area contributed by atoms with E-state index in [-0.39, 0.29) is 18.4 Å². The lowest BCUT2D eigenvalue weighted by Gasteiger charge is -2.12. The summed E-state index contributed by atoms with van der Waals surface area (Å²) < 4.78 is 5.67. The Bertz CT molecular complexity index is 758. The molecule has 2 N–H and O–H groups in total. The first kappa shape index (κ1) is 20.3. The lowest BCUT2D eigenvalue weighted by molar-refractivity contribution is -0.114. The molecule has 0 heterocycles. The van der Waals surface area contributed by atoms with Gasteiger partial charge in [0, 0.05) is 37.1 Å². The highest BCUT2D eigenvalue weighted by Gasteiger charge is 2.08. The molecule has 0 radical (unpaired) electrons. The molecule has 0 fully saturated rings. The molecule has 0 bridgehead atoms. The fraction of sp³-hybridized carbons (Fsp3) is 0.333. The van der Waals surface area contributed by atoms with Gasteiger partial charge in [-0.2, -0.15) is 0 Å². The lowest BCUT2D eigenvalue weighted by atomic mass is 10.2. The van der Waals surface area contributed by atoms with Crippen molar-refractivity contribution < 1.29 is 14.3 Å². The Balaban J connectivity index is 1.84. The summed E-state index contributed by atoms with van der Waals surface area (Å²) in [4.78, 5) is 25.5. The van der Waals surface area contributed by atoms with Crippen LogP contribution in [0.5, 0.6) is 5.75 Å². The van der Waals surface area contributed by atoms with Crippen LogP contribution in [0.1, 0.15) is 30.1 Å². The van der Waals surface area contributed by atoms with E-state index in [9.17, 15) is 9.59 Å². The molecule has 0 saturated carbocycles. The van der Waals surface area contributed by atoms with Crippen LogP contribution in [0.2, 0.25) is 0 Å². The summed E-state index contributed by atoms with van der Waals surface area (Å²) in [5.41, 5.74) is 2.05. The van der Waals surface area contributed by atoms with Gasteiger partial charge in [-0.05, 0) is 42.8 Å². The van der Waals surface area contributed by atoms with Crippen molar-refractivity contribution in [1.29, 1.82) is 0 Å². The topological polar surface area (TPSA) is 70.7 Å². The van der Waals surface area contributed by atoms with Crippen LogP contribution in [0.15, 0.2) is 48.5 Å². The van der Waals surface area contributed by atoms with Crippen LogP contribution in [0.4, 0.5) is 11.4 Å². The summed E-state index contributed by atoms with van der Waals surface area (Å²) in [6, 6.07) is 14.4. The highest BCUT2D eigenvalue weighted by atomic mass is 16.5. The Morgan fingerprint density at radius 3 is 2.44 bits per heavy atom. The molecule has 2 rings (SSSR count). The zero-order valence-corrected chi connectivity index (χ0v) is 16.1. The van der Waals surface area contributed by atoms with Crippen LogP contribution in [-0.2, 0) is 4.79 Å². The highest BCUT2D eigenvalue weighted by Crippen LogP contribution is 2.17. The second kappa shape index (κ2) is 10.2. The van der Waals surface area contributed by atoms with Crippen molar-refractivity contribution in [2.24, 2.45) is 0 Å². The third-order valence-corrected chi connectivity index (χ3v) is 3.88. The number of nitrogens with zero attached hydrogens (tertiary/aromatic N) is 1. The van der Waals surface area contributed by atoms with E-state index in [0.29, 0.717) is 17.9 Å². The van der Waals surface area contributed by atoms with Gasteiger partial charge in [0.25, 0.3) is 5.91 Å². The molecule has 2 amide bonds. The van der Waals surface area contributed by atoms with Gasteiger partial charge in [-0.15, -0.1) is 0 Å².